The molecule has 0 saturated heterocycles. The first-order valence-electron chi connectivity index (χ1n) is 6.21. The number of carbonyl (C=O) groups excluding carboxylic acids is 3. The molecule has 1 rings (SSSR count). The molecule has 0 aliphatic heterocycles. The van der Waals surface area contributed by atoms with Crippen molar-refractivity contribution in [1.82, 2.24) is 16.0 Å². The number of hydrogen-bond acceptors (Lipinski definition) is 5. The summed E-state index contributed by atoms with van der Waals surface area (Å²) in [4.78, 5) is 44.5. The number of amides is 3. The van der Waals surface area contributed by atoms with Crippen molar-refractivity contribution >= 4 is 23.7 Å². The van der Waals surface area contributed by atoms with E-state index in [4.69, 9.17) is 5.11 Å². The number of para-hydroxylation sites is 1. The molecule has 0 bridgehead atoms. The van der Waals surface area contributed by atoms with Crippen LogP contribution in [0.15, 0.2) is 24.3 Å². The van der Waals surface area contributed by atoms with E-state index in [9.17, 15) is 24.3 Å². The second kappa shape index (κ2) is 8.25. The number of aromatic hydroxyl groups is 1. The molecule has 3 amide bonds. The van der Waals surface area contributed by atoms with Gasteiger partial charge in [-0.05, 0) is 12.1 Å². The highest BCUT2D eigenvalue weighted by Gasteiger charge is 2.12. The molecule has 9 heteroatoms. The Morgan fingerprint density at radius 2 is 1.41 bits per heavy atom. The highest BCUT2D eigenvalue weighted by atomic mass is 16.4. The lowest BCUT2D eigenvalue weighted by Crippen LogP contribution is -2.42. The molecule has 1 aromatic carbocycles. The predicted octanol–water partition coefficient (Wildman–Crippen LogP) is -1.56. The molecule has 0 radical (unpaired) electrons. The molecular weight excluding hydrogens is 294 g/mol. The highest BCUT2D eigenvalue weighted by Crippen LogP contribution is 2.14. The fraction of sp³-hybridized carbons (Fsp3) is 0.231. The average molecular weight is 309 g/mol. The van der Waals surface area contributed by atoms with Crippen molar-refractivity contribution in [3.63, 3.8) is 0 Å². The maximum absolute atomic E-state index is 11.7. The van der Waals surface area contributed by atoms with Crippen LogP contribution in [-0.2, 0) is 14.4 Å². The van der Waals surface area contributed by atoms with Crippen molar-refractivity contribution in [2.45, 2.75) is 0 Å². The maximum Gasteiger partial charge on any atom is 0.322 e. The van der Waals surface area contributed by atoms with E-state index in [1.54, 1.807) is 12.1 Å². The average Bonchev–Trinajstić information content (AvgIpc) is 2.48. The van der Waals surface area contributed by atoms with Crippen LogP contribution in [-0.4, -0.2) is 53.5 Å². The van der Waals surface area contributed by atoms with Gasteiger partial charge in [-0.15, -0.1) is 0 Å². The minimum Gasteiger partial charge on any atom is -0.507 e. The Morgan fingerprint density at radius 3 is 2.00 bits per heavy atom. The summed E-state index contributed by atoms with van der Waals surface area (Å²) < 4.78 is 0. The molecule has 0 saturated carbocycles. The molecule has 5 N–H and O–H groups in total. The number of carboxylic acid groups (broad SMARTS) is 1. The quantitative estimate of drug-likeness (QED) is 0.412. The lowest BCUT2D eigenvalue weighted by atomic mass is 10.2. The van der Waals surface area contributed by atoms with E-state index in [1.165, 1.54) is 12.1 Å². The minimum atomic E-state index is -1.20. The normalized spacial score (nSPS) is 9.64. The van der Waals surface area contributed by atoms with Crippen molar-refractivity contribution < 1.29 is 29.4 Å². The summed E-state index contributed by atoms with van der Waals surface area (Å²) in [5, 5.41) is 24.4. The molecule has 0 aromatic heterocycles. The highest BCUT2D eigenvalue weighted by molar-refractivity contribution is 5.98. The van der Waals surface area contributed by atoms with Gasteiger partial charge in [0.25, 0.3) is 5.91 Å². The van der Waals surface area contributed by atoms with Gasteiger partial charge in [0.2, 0.25) is 11.8 Å². The lowest BCUT2D eigenvalue weighted by Gasteiger charge is -2.07. The number of hydrogen-bond donors (Lipinski definition) is 5. The Morgan fingerprint density at radius 1 is 0.864 bits per heavy atom. The third kappa shape index (κ3) is 5.90. The van der Waals surface area contributed by atoms with Gasteiger partial charge in [0.1, 0.15) is 12.3 Å². The van der Waals surface area contributed by atoms with E-state index < -0.39 is 36.8 Å². The summed E-state index contributed by atoms with van der Waals surface area (Å²) >= 11 is 0. The molecule has 0 fully saturated rings. The number of phenols is 1. The second-order valence-electron chi connectivity index (χ2n) is 4.15. The van der Waals surface area contributed by atoms with Crippen LogP contribution in [0, 0.1) is 0 Å². The van der Waals surface area contributed by atoms with E-state index in [2.05, 4.69) is 16.0 Å². The van der Waals surface area contributed by atoms with Gasteiger partial charge in [0, 0.05) is 0 Å². The molecule has 9 nitrogen and oxygen atoms in total. The second-order valence-corrected chi connectivity index (χ2v) is 4.15. The predicted molar refractivity (Wildman–Crippen MR) is 74.1 cm³/mol. The first kappa shape index (κ1) is 17.0. The molecule has 0 heterocycles. The number of carboxylic acids is 1. The maximum atomic E-state index is 11.7. The van der Waals surface area contributed by atoms with Crippen LogP contribution in [0.2, 0.25) is 0 Å². The first-order chi connectivity index (χ1) is 10.4. The van der Waals surface area contributed by atoms with Crippen molar-refractivity contribution in [2.75, 3.05) is 19.6 Å². The van der Waals surface area contributed by atoms with Gasteiger partial charge >= 0.3 is 5.97 Å². The van der Waals surface area contributed by atoms with Crippen LogP contribution in [0.4, 0.5) is 0 Å². The Balaban J connectivity index is 2.31. The summed E-state index contributed by atoms with van der Waals surface area (Å²) in [5.41, 5.74) is 0.0227. The van der Waals surface area contributed by atoms with Gasteiger partial charge in [0.15, 0.2) is 0 Å². The number of aliphatic carboxylic acids is 1. The van der Waals surface area contributed by atoms with Crippen molar-refractivity contribution in [3.05, 3.63) is 29.8 Å². The molecule has 22 heavy (non-hydrogen) atoms. The molecule has 0 spiro atoms. The van der Waals surface area contributed by atoms with E-state index in [1.807, 2.05) is 0 Å². The zero-order valence-electron chi connectivity index (χ0n) is 11.5. The Bertz CT molecular complexity index is 587. The van der Waals surface area contributed by atoms with Crippen molar-refractivity contribution in [1.29, 1.82) is 0 Å². The molecule has 118 valence electrons. The van der Waals surface area contributed by atoms with Gasteiger partial charge in [-0.25, -0.2) is 0 Å². The number of phenolic OH excluding ortho intramolecular Hbond substituents is 1. The standard InChI is InChI=1S/C13H15N3O6/c17-9-4-2-1-3-8(9)13(22)16-6-11(19)14-5-10(18)15-7-12(20)21/h1-4,17H,5-7H2,(H,14,19)(H,15,18)(H,16,22)(H,20,21). The fourth-order valence-electron chi connectivity index (χ4n) is 1.40. The summed E-state index contributed by atoms with van der Waals surface area (Å²) in [6.07, 6.45) is 0. The molecule has 0 atom stereocenters. The van der Waals surface area contributed by atoms with Crippen molar-refractivity contribution in [2.24, 2.45) is 0 Å². The topological polar surface area (TPSA) is 145 Å². The molecule has 0 unspecified atom stereocenters. The van der Waals surface area contributed by atoms with E-state index in [0.29, 0.717) is 0 Å². The van der Waals surface area contributed by atoms with E-state index in [0.717, 1.165) is 0 Å². The minimum absolute atomic E-state index is 0.0227. The Hall–Kier alpha value is -3.10. The number of carbonyl (C=O) groups is 4. The van der Waals surface area contributed by atoms with Crippen LogP contribution < -0.4 is 16.0 Å². The fourth-order valence-corrected chi connectivity index (χ4v) is 1.40. The van der Waals surface area contributed by atoms with Gasteiger partial charge < -0.3 is 26.2 Å². The van der Waals surface area contributed by atoms with Crippen LogP contribution in [0.3, 0.4) is 0 Å². The number of rotatable bonds is 7. The van der Waals surface area contributed by atoms with E-state index >= 15 is 0 Å². The number of nitrogens with one attached hydrogen (secondary N) is 3. The smallest absolute Gasteiger partial charge is 0.322 e. The summed E-state index contributed by atoms with van der Waals surface area (Å²) in [7, 11) is 0. The van der Waals surface area contributed by atoms with Gasteiger partial charge in [0.05, 0.1) is 18.7 Å². The van der Waals surface area contributed by atoms with Gasteiger partial charge in [-0.1, -0.05) is 12.1 Å². The lowest BCUT2D eigenvalue weighted by molar-refractivity contribution is -0.137. The van der Waals surface area contributed by atoms with Crippen LogP contribution in [0.1, 0.15) is 10.4 Å². The Labute approximate surface area is 125 Å². The Kier molecular flexibility index (Phi) is 6.35. The van der Waals surface area contributed by atoms with Gasteiger partial charge in [-0.3, -0.25) is 19.2 Å². The molecule has 0 aliphatic carbocycles. The summed E-state index contributed by atoms with van der Waals surface area (Å²) in [5.74, 6) is -3.34. The van der Waals surface area contributed by atoms with Crippen LogP contribution >= 0.6 is 0 Å². The molecule has 0 aliphatic rings. The first-order valence-corrected chi connectivity index (χ1v) is 6.21. The zero-order valence-corrected chi connectivity index (χ0v) is 11.5. The SMILES string of the molecule is O=C(O)CNC(=O)CNC(=O)CNC(=O)c1ccccc1O. The van der Waals surface area contributed by atoms with Gasteiger partial charge in [-0.2, -0.15) is 0 Å². The molecule has 1 aromatic rings. The summed E-state index contributed by atoms with van der Waals surface area (Å²) in [6, 6.07) is 5.83. The monoisotopic (exact) mass is 309 g/mol. The number of benzene rings is 1. The largest absolute Gasteiger partial charge is 0.507 e. The van der Waals surface area contributed by atoms with Crippen LogP contribution in [0.25, 0.3) is 0 Å². The third-order valence-electron chi connectivity index (χ3n) is 2.44. The molecular formula is C13H15N3O6. The zero-order chi connectivity index (χ0) is 16.5. The van der Waals surface area contributed by atoms with Crippen molar-refractivity contribution in [3.8, 4) is 5.75 Å². The third-order valence-corrected chi connectivity index (χ3v) is 2.44. The van der Waals surface area contributed by atoms with Crippen LogP contribution in [0.5, 0.6) is 5.75 Å². The van der Waals surface area contributed by atoms with E-state index in [-0.39, 0.29) is 17.9 Å². The summed E-state index contributed by atoms with van der Waals surface area (Å²) in [6.45, 7) is -1.34.